The van der Waals surface area contributed by atoms with Crippen LogP contribution >= 0.6 is 0 Å². The molecule has 31 heavy (non-hydrogen) atoms. The van der Waals surface area contributed by atoms with E-state index in [1.54, 1.807) is 36.2 Å². The topological polar surface area (TPSA) is 70.2 Å². The number of amides is 3. The number of fused-ring (bicyclic) bond motifs is 2. The van der Waals surface area contributed by atoms with Crippen LogP contribution in [0.4, 0.5) is 5.69 Å². The van der Waals surface area contributed by atoms with Crippen LogP contribution < -0.4 is 9.64 Å². The molecule has 0 bridgehead atoms. The first kappa shape index (κ1) is 20.9. The molecule has 162 valence electrons. The molecule has 4 rings (SSSR count). The van der Waals surface area contributed by atoms with Gasteiger partial charge < -0.3 is 14.5 Å². The molecule has 7 heteroatoms. The minimum absolute atomic E-state index is 0.0258. The van der Waals surface area contributed by atoms with Crippen LogP contribution in [0.2, 0.25) is 0 Å². The fourth-order valence-corrected chi connectivity index (χ4v) is 4.20. The Balaban J connectivity index is 1.28. The van der Waals surface area contributed by atoms with E-state index in [-0.39, 0.29) is 36.8 Å². The standard InChI is InChI=1S/C24H27N3O4/c1-3-26-16-17(31-21-12-7-6-11-20(21)26)15-25(2)22(28)13-8-14-27-23(29)18-9-4-5-10-19(18)24(27)30/h4-7,9-12,17H,3,8,13-16H2,1-2H3/t17-/m1/s1. The molecule has 2 aliphatic heterocycles. The molecule has 0 N–H and O–H groups in total. The zero-order valence-corrected chi connectivity index (χ0v) is 17.9. The van der Waals surface area contributed by atoms with Crippen molar-refractivity contribution in [1.29, 1.82) is 0 Å². The lowest BCUT2D eigenvalue weighted by Gasteiger charge is -2.37. The highest BCUT2D eigenvalue weighted by atomic mass is 16.5. The summed E-state index contributed by atoms with van der Waals surface area (Å²) >= 11 is 0. The molecule has 2 aromatic rings. The minimum Gasteiger partial charge on any atom is -0.485 e. The maximum atomic E-state index is 12.6. The first-order valence-electron chi connectivity index (χ1n) is 10.7. The van der Waals surface area contributed by atoms with E-state index >= 15 is 0 Å². The zero-order valence-electron chi connectivity index (χ0n) is 17.9. The number of hydrogen-bond donors (Lipinski definition) is 0. The SMILES string of the molecule is CCN1C[C@@H](CN(C)C(=O)CCCN2C(=O)c3ccccc3C2=O)Oc2ccccc21. The van der Waals surface area contributed by atoms with E-state index < -0.39 is 0 Å². The van der Waals surface area contributed by atoms with E-state index in [0.29, 0.717) is 24.1 Å². The number of nitrogens with zero attached hydrogens (tertiary/aromatic N) is 3. The second-order valence-electron chi connectivity index (χ2n) is 7.93. The Morgan fingerprint density at radius 3 is 2.39 bits per heavy atom. The summed E-state index contributed by atoms with van der Waals surface area (Å²) < 4.78 is 6.10. The van der Waals surface area contributed by atoms with Crippen molar-refractivity contribution in [2.24, 2.45) is 0 Å². The predicted octanol–water partition coefficient (Wildman–Crippen LogP) is 2.81. The summed E-state index contributed by atoms with van der Waals surface area (Å²) in [6.07, 6.45) is 0.592. The molecule has 0 saturated heterocycles. The van der Waals surface area contributed by atoms with Crippen LogP contribution in [0, 0.1) is 0 Å². The van der Waals surface area contributed by atoms with E-state index in [0.717, 1.165) is 24.5 Å². The Morgan fingerprint density at radius 2 is 1.71 bits per heavy atom. The maximum absolute atomic E-state index is 12.6. The Morgan fingerprint density at radius 1 is 1.06 bits per heavy atom. The van der Waals surface area contributed by atoms with E-state index in [2.05, 4.69) is 11.8 Å². The number of ether oxygens (including phenoxy) is 1. The van der Waals surface area contributed by atoms with Crippen LogP contribution in [-0.4, -0.2) is 66.9 Å². The number of hydrogen-bond acceptors (Lipinski definition) is 5. The Kier molecular flexibility index (Phi) is 5.93. The van der Waals surface area contributed by atoms with Gasteiger partial charge in [0.1, 0.15) is 11.9 Å². The van der Waals surface area contributed by atoms with Gasteiger partial charge in [-0.05, 0) is 37.6 Å². The first-order valence-corrected chi connectivity index (χ1v) is 10.7. The summed E-state index contributed by atoms with van der Waals surface area (Å²) in [5.74, 6) is 0.250. The molecule has 0 unspecified atom stereocenters. The van der Waals surface area contributed by atoms with Crippen LogP contribution in [0.1, 0.15) is 40.5 Å². The number of carbonyl (C=O) groups is 3. The summed E-state index contributed by atoms with van der Waals surface area (Å²) in [5.41, 5.74) is 1.95. The zero-order chi connectivity index (χ0) is 22.0. The van der Waals surface area contributed by atoms with Crippen LogP contribution in [-0.2, 0) is 4.79 Å². The number of likely N-dealkylation sites (N-methyl/N-ethyl adjacent to an activating group) is 2. The van der Waals surface area contributed by atoms with Crippen molar-refractivity contribution in [2.45, 2.75) is 25.9 Å². The summed E-state index contributed by atoms with van der Waals surface area (Å²) in [5, 5.41) is 0. The van der Waals surface area contributed by atoms with Crippen LogP contribution in [0.15, 0.2) is 48.5 Å². The number of benzene rings is 2. The van der Waals surface area contributed by atoms with Crippen molar-refractivity contribution in [1.82, 2.24) is 9.80 Å². The van der Waals surface area contributed by atoms with Gasteiger partial charge in [-0.25, -0.2) is 0 Å². The first-order chi connectivity index (χ1) is 15.0. The highest BCUT2D eigenvalue weighted by Gasteiger charge is 2.34. The van der Waals surface area contributed by atoms with Gasteiger partial charge in [0, 0.05) is 26.6 Å². The van der Waals surface area contributed by atoms with Crippen LogP contribution in [0.5, 0.6) is 5.75 Å². The summed E-state index contributed by atoms with van der Waals surface area (Å²) in [6, 6.07) is 14.8. The normalized spacial score (nSPS) is 17.3. The van der Waals surface area contributed by atoms with Gasteiger partial charge in [0.15, 0.2) is 0 Å². The van der Waals surface area contributed by atoms with Gasteiger partial charge in [-0.3, -0.25) is 19.3 Å². The second-order valence-corrected chi connectivity index (χ2v) is 7.93. The average molecular weight is 421 g/mol. The Hall–Kier alpha value is -3.35. The number of imide groups is 1. The predicted molar refractivity (Wildman–Crippen MR) is 117 cm³/mol. The number of rotatable bonds is 7. The molecule has 0 fully saturated rings. The molecule has 2 heterocycles. The molecule has 3 amide bonds. The van der Waals surface area contributed by atoms with E-state index in [1.165, 1.54) is 4.90 Å². The van der Waals surface area contributed by atoms with Crippen molar-refractivity contribution in [3.63, 3.8) is 0 Å². The molecule has 0 aliphatic carbocycles. The third-order valence-corrected chi connectivity index (χ3v) is 5.86. The van der Waals surface area contributed by atoms with Crippen molar-refractivity contribution in [3.05, 3.63) is 59.7 Å². The molecule has 0 spiro atoms. The lowest BCUT2D eigenvalue weighted by molar-refractivity contribution is -0.131. The average Bonchev–Trinajstić information content (AvgIpc) is 3.03. The van der Waals surface area contributed by atoms with E-state index in [4.69, 9.17) is 4.74 Å². The number of carbonyl (C=O) groups excluding carboxylic acids is 3. The lowest BCUT2D eigenvalue weighted by Crippen LogP contribution is -2.46. The van der Waals surface area contributed by atoms with E-state index in [1.807, 2.05) is 24.3 Å². The van der Waals surface area contributed by atoms with Crippen LogP contribution in [0.3, 0.4) is 0 Å². The second kappa shape index (κ2) is 8.79. The number of anilines is 1. The lowest BCUT2D eigenvalue weighted by atomic mass is 10.1. The molecule has 0 aromatic heterocycles. The van der Waals surface area contributed by atoms with Crippen LogP contribution in [0.25, 0.3) is 0 Å². The van der Waals surface area contributed by atoms with Gasteiger partial charge in [0.25, 0.3) is 11.8 Å². The fourth-order valence-electron chi connectivity index (χ4n) is 4.20. The van der Waals surface area contributed by atoms with Crippen molar-refractivity contribution in [2.75, 3.05) is 38.1 Å². The van der Waals surface area contributed by atoms with Gasteiger partial charge in [-0.1, -0.05) is 24.3 Å². The smallest absolute Gasteiger partial charge is 0.261 e. The largest absolute Gasteiger partial charge is 0.485 e. The minimum atomic E-state index is -0.282. The fraction of sp³-hybridized carbons (Fsp3) is 0.375. The maximum Gasteiger partial charge on any atom is 0.261 e. The van der Waals surface area contributed by atoms with Crippen molar-refractivity contribution in [3.8, 4) is 5.75 Å². The van der Waals surface area contributed by atoms with Gasteiger partial charge in [-0.2, -0.15) is 0 Å². The van der Waals surface area contributed by atoms with Gasteiger partial charge in [0.2, 0.25) is 5.91 Å². The molecule has 0 saturated carbocycles. The van der Waals surface area contributed by atoms with Crippen molar-refractivity contribution < 1.29 is 19.1 Å². The Bertz CT molecular complexity index is 971. The highest BCUT2D eigenvalue weighted by molar-refractivity contribution is 6.21. The summed E-state index contributed by atoms with van der Waals surface area (Å²) in [4.78, 5) is 42.7. The van der Waals surface area contributed by atoms with Gasteiger partial charge in [0.05, 0.1) is 29.9 Å². The van der Waals surface area contributed by atoms with Crippen molar-refractivity contribution >= 4 is 23.4 Å². The third-order valence-electron chi connectivity index (χ3n) is 5.86. The molecule has 2 aliphatic rings. The quantitative estimate of drug-likeness (QED) is 0.643. The highest BCUT2D eigenvalue weighted by Crippen LogP contribution is 2.33. The molecule has 0 radical (unpaired) electrons. The molecular formula is C24H27N3O4. The summed E-state index contributed by atoms with van der Waals surface area (Å²) in [7, 11) is 1.77. The molecule has 2 aromatic carbocycles. The number of para-hydroxylation sites is 2. The monoisotopic (exact) mass is 421 g/mol. The molecule has 1 atom stereocenters. The Labute approximate surface area is 182 Å². The summed E-state index contributed by atoms with van der Waals surface area (Å²) in [6.45, 7) is 4.42. The van der Waals surface area contributed by atoms with Gasteiger partial charge in [-0.15, -0.1) is 0 Å². The third kappa shape index (κ3) is 4.13. The molecule has 7 nitrogen and oxygen atoms in total. The van der Waals surface area contributed by atoms with E-state index in [9.17, 15) is 14.4 Å². The van der Waals surface area contributed by atoms with Gasteiger partial charge >= 0.3 is 0 Å². The molecular weight excluding hydrogens is 394 g/mol.